The molecule has 150 valence electrons. The number of anilines is 1. The minimum absolute atomic E-state index is 0.112. The zero-order valence-electron chi connectivity index (χ0n) is 16.2. The molecule has 0 heterocycles. The van der Waals surface area contributed by atoms with Crippen molar-refractivity contribution in [3.05, 3.63) is 108 Å². The molecule has 3 rings (SSSR count). The van der Waals surface area contributed by atoms with E-state index in [1.807, 2.05) is 60.7 Å². The fourth-order valence-corrected chi connectivity index (χ4v) is 2.92. The molecule has 0 saturated carbocycles. The Bertz CT molecular complexity index is 1050. The lowest BCUT2D eigenvalue weighted by Crippen LogP contribution is -2.33. The minimum atomic E-state index is -0.359. The van der Waals surface area contributed by atoms with E-state index in [9.17, 15) is 9.59 Å². The number of rotatable bonds is 6. The molecule has 0 bridgehead atoms. The van der Waals surface area contributed by atoms with Crippen LogP contribution in [0.15, 0.2) is 91.0 Å². The van der Waals surface area contributed by atoms with Crippen LogP contribution in [-0.4, -0.2) is 16.9 Å². The van der Waals surface area contributed by atoms with E-state index in [1.54, 1.807) is 30.3 Å². The minimum Gasteiger partial charge on any atom is -0.348 e. The van der Waals surface area contributed by atoms with Crippen molar-refractivity contribution in [1.82, 2.24) is 10.6 Å². The van der Waals surface area contributed by atoms with Gasteiger partial charge in [-0.05, 0) is 41.6 Å². The standard InChI is InChI=1S/C24H21N3O2S/c28-22(16-15-18-9-3-1-4-10-18)27-24(30)26-21-14-8-7-13-20(21)23(29)25-17-19-11-5-2-6-12-19/h1-16H,17H2,(H,25,29)(H2,26,27,28,30). The van der Waals surface area contributed by atoms with Crippen molar-refractivity contribution in [3.63, 3.8) is 0 Å². The molecule has 0 atom stereocenters. The number of thiocarbonyl (C=S) groups is 1. The van der Waals surface area contributed by atoms with Gasteiger partial charge in [-0.3, -0.25) is 14.9 Å². The van der Waals surface area contributed by atoms with E-state index in [2.05, 4.69) is 16.0 Å². The zero-order valence-corrected chi connectivity index (χ0v) is 17.0. The van der Waals surface area contributed by atoms with Gasteiger partial charge in [0, 0.05) is 12.6 Å². The Balaban J connectivity index is 1.58. The molecule has 0 aliphatic heterocycles. The molecular formula is C24H21N3O2S. The van der Waals surface area contributed by atoms with Gasteiger partial charge in [0.1, 0.15) is 0 Å². The van der Waals surface area contributed by atoms with Crippen molar-refractivity contribution in [2.24, 2.45) is 0 Å². The van der Waals surface area contributed by atoms with E-state index in [0.29, 0.717) is 17.8 Å². The predicted octanol–water partition coefficient (Wildman–Crippen LogP) is 4.14. The van der Waals surface area contributed by atoms with Crippen LogP contribution in [0.4, 0.5) is 5.69 Å². The van der Waals surface area contributed by atoms with Crippen LogP contribution in [0.3, 0.4) is 0 Å². The maximum atomic E-state index is 12.6. The smallest absolute Gasteiger partial charge is 0.253 e. The lowest BCUT2D eigenvalue weighted by molar-refractivity contribution is -0.115. The van der Waals surface area contributed by atoms with Gasteiger partial charge in [-0.15, -0.1) is 0 Å². The number of amides is 2. The Morgan fingerprint density at radius 1 is 0.833 bits per heavy atom. The van der Waals surface area contributed by atoms with Crippen molar-refractivity contribution in [2.45, 2.75) is 6.54 Å². The van der Waals surface area contributed by atoms with Gasteiger partial charge in [0.15, 0.2) is 5.11 Å². The summed E-state index contributed by atoms with van der Waals surface area (Å²) >= 11 is 5.22. The first kappa shape index (κ1) is 21.0. The maximum absolute atomic E-state index is 12.6. The largest absolute Gasteiger partial charge is 0.348 e. The normalized spacial score (nSPS) is 10.4. The highest BCUT2D eigenvalue weighted by atomic mass is 32.1. The van der Waals surface area contributed by atoms with Crippen LogP contribution in [-0.2, 0) is 11.3 Å². The summed E-state index contributed by atoms with van der Waals surface area (Å²) in [4.78, 5) is 24.7. The number of benzene rings is 3. The molecule has 0 aromatic heterocycles. The number of carbonyl (C=O) groups is 2. The summed E-state index contributed by atoms with van der Waals surface area (Å²) in [6, 6.07) is 26.1. The second-order valence-electron chi connectivity index (χ2n) is 6.40. The highest BCUT2D eigenvalue weighted by molar-refractivity contribution is 7.80. The zero-order chi connectivity index (χ0) is 21.2. The monoisotopic (exact) mass is 415 g/mol. The molecule has 0 radical (unpaired) electrons. The first-order chi connectivity index (χ1) is 14.6. The van der Waals surface area contributed by atoms with Gasteiger partial charge in [0.25, 0.3) is 5.91 Å². The Kier molecular flexibility index (Phi) is 7.46. The van der Waals surface area contributed by atoms with Crippen LogP contribution in [0, 0.1) is 0 Å². The topological polar surface area (TPSA) is 70.2 Å². The molecule has 30 heavy (non-hydrogen) atoms. The summed E-state index contributed by atoms with van der Waals surface area (Å²) in [7, 11) is 0. The second-order valence-corrected chi connectivity index (χ2v) is 6.81. The van der Waals surface area contributed by atoms with Crippen LogP contribution in [0.25, 0.3) is 6.08 Å². The molecule has 0 aliphatic carbocycles. The van der Waals surface area contributed by atoms with Crippen molar-refractivity contribution < 1.29 is 9.59 Å². The van der Waals surface area contributed by atoms with Gasteiger partial charge >= 0.3 is 0 Å². The molecule has 6 heteroatoms. The van der Waals surface area contributed by atoms with Gasteiger partial charge < -0.3 is 10.6 Å². The van der Waals surface area contributed by atoms with E-state index in [0.717, 1.165) is 11.1 Å². The molecule has 0 spiro atoms. The van der Waals surface area contributed by atoms with Gasteiger partial charge in [-0.2, -0.15) is 0 Å². The van der Waals surface area contributed by atoms with Gasteiger partial charge in [-0.25, -0.2) is 0 Å². The molecule has 2 amide bonds. The number of hydrogen-bond acceptors (Lipinski definition) is 3. The molecule has 0 unspecified atom stereocenters. The first-order valence-electron chi connectivity index (χ1n) is 9.38. The van der Waals surface area contributed by atoms with Crippen LogP contribution < -0.4 is 16.0 Å². The molecule has 3 aromatic carbocycles. The Labute approximate surface area is 180 Å². The highest BCUT2D eigenvalue weighted by Gasteiger charge is 2.12. The molecule has 5 nitrogen and oxygen atoms in total. The molecule has 0 saturated heterocycles. The summed E-state index contributed by atoms with van der Waals surface area (Å²) in [6.07, 6.45) is 3.10. The average Bonchev–Trinajstić information content (AvgIpc) is 2.78. The fourth-order valence-electron chi connectivity index (χ4n) is 2.71. The van der Waals surface area contributed by atoms with Crippen molar-refractivity contribution in [1.29, 1.82) is 0 Å². The summed E-state index contributed by atoms with van der Waals surface area (Å²) in [5, 5.41) is 8.51. The molecule has 0 fully saturated rings. The molecule has 3 aromatic rings. The number of nitrogens with one attached hydrogen (secondary N) is 3. The van der Waals surface area contributed by atoms with Crippen LogP contribution >= 0.6 is 12.2 Å². The lowest BCUT2D eigenvalue weighted by Gasteiger charge is -2.13. The number of para-hydroxylation sites is 1. The Morgan fingerprint density at radius 2 is 1.47 bits per heavy atom. The molecule has 3 N–H and O–H groups in total. The molecule has 0 aliphatic rings. The van der Waals surface area contributed by atoms with Gasteiger partial charge in [-0.1, -0.05) is 72.8 Å². The van der Waals surface area contributed by atoms with Crippen LogP contribution in [0.5, 0.6) is 0 Å². The third-order valence-corrected chi connectivity index (χ3v) is 4.38. The van der Waals surface area contributed by atoms with Crippen molar-refractivity contribution in [2.75, 3.05) is 5.32 Å². The van der Waals surface area contributed by atoms with E-state index in [1.165, 1.54) is 6.08 Å². The number of hydrogen-bond donors (Lipinski definition) is 3. The summed E-state index contributed by atoms with van der Waals surface area (Å²) in [6.45, 7) is 0.416. The maximum Gasteiger partial charge on any atom is 0.253 e. The Morgan fingerprint density at radius 3 is 2.20 bits per heavy atom. The van der Waals surface area contributed by atoms with E-state index < -0.39 is 0 Å². The average molecular weight is 416 g/mol. The Hall–Kier alpha value is -3.77. The quantitative estimate of drug-likeness (QED) is 0.418. The fraction of sp³-hybridized carbons (Fsp3) is 0.0417. The highest BCUT2D eigenvalue weighted by Crippen LogP contribution is 2.15. The van der Waals surface area contributed by atoms with Crippen molar-refractivity contribution in [3.8, 4) is 0 Å². The second kappa shape index (κ2) is 10.7. The molecular weight excluding hydrogens is 394 g/mol. The van der Waals surface area contributed by atoms with E-state index >= 15 is 0 Å². The van der Waals surface area contributed by atoms with Crippen LogP contribution in [0.2, 0.25) is 0 Å². The van der Waals surface area contributed by atoms with E-state index in [4.69, 9.17) is 12.2 Å². The SMILES string of the molecule is O=C(C=Cc1ccccc1)NC(=S)Nc1ccccc1C(=O)NCc1ccccc1. The van der Waals surface area contributed by atoms with Crippen LogP contribution in [0.1, 0.15) is 21.5 Å². The van der Waals surface area contributed by atoms with Gasteiger partial charge in [0.05, 0.1) is 11.3 Å². The third-order valence-electron chi connectivity index (χ3n) is 4.18. The van der Waals surface area contributed by atoms with Gasteiger partial charge in [0.2, 0.25) is 5.91 Å². The summed E-state index contributed by atoms with van der Waals surface area (Å²) < 4.78 is 0. The van der Waals surface area contributed by atoms with E-state index in [-0.39, 0.29) is 16.9 Å². The first-order valence-corrected chi connectivity index (χ1v) is 9.79. The summed E-state index contributed by atoms with van der Waals surface area (Å²) in [5.41, 5.74) is 2.86. The number of carbonyl (C=O) groups excluding carboxylic acids is 2. The van der Waals surface area contributed by atoms with Crippen molar-refractivity contribution >= 4 is 40.9 Å². The third kappa shape index (κ3) is 6.39. The lowest BCUT2D eigenvalue weighted by atomic mass is 10.1. The predicted molar refractivity (Wildman–Crippen MR) is 124 cm³/mol. The summed E-state index contributed by atoms with van der Waals surface area (Å²) in [5.74, 6) is -0.595.